The fourth-order valence-corrected chi connectivity index (χ4v) is 3.77. The number of amides is 1. The van der Waals surface area contributed by atoms with Crippen LogP contribution in [0.25, 0.3) is 0 Å². The van der Waals surface area contributed by atoms with E-state index in [0.29, 0.717) is 23.3 Å². The first-order valence-corrected chi connectivity index (χ1v) is 9.47. The largest absolute Gasteiger partial charge is 0.481 e. The molecule has 3 heterocycles. The van der Waals surface area contributed by atoms with Gasteiger partial charge in [0.15, 0.2) is 0 Å². The molecule has 1 amide bonds. The molecule has 0 aromatic carbocycles. The molecule has 6 heteroatoms. The van der Waals surface area contributed by atoms with Crippen molar-refractivity contribution in [2.45, 2.75) is 45.1 Å². The van der Waals surface area contributed by atoms with E-state index in [-0.39, 0.29) is 5.91 Å². The Bertz CT molecular complexity index is 772. The van der Waals surface area contributed by atoms with Crippen LogP contribution in [0.1, 0.15) is 53.5 Å². The second kappa shape index (κ2) is 7.09. The Morgan fingerprint density at radius 3 is 2.54 bits per heavy atom. The minimum absolute atomic E-state index is 0.0658. The van der Waals surface area contributed by atoms with Crippen molar-refractivity contribution in [2.75, 3.05) is 20.2 Å². The van der Waals surface area contributed by atoms with Crippen LogP contribution < -0.4 is 4.74 Å². The number of ether oxygens (including phenoxy) is 1. The first kappa shape index (κ1) is 17.1. The van der Waals surface area contributed by atoms with Crippen molar-refractivity contribution in [1.82, 2.24) is 19.4 Å². The van der Waals surface area contributed by atoms with Gasteiger partial charge in [0.05, 0.1) is 12.7 Å². The van der Waals surface area contributed by atoms with Crippen molar-refractivity contribution in [3.8, 4) is 5.88 Å². The molecular formula is C20H26N4O2. The van der Waals surface area contributed by atoms with E-state index in [4.69, 9.17) is 4.74 Å². The molecule has 0 atom stereocenters. The van der Waals surface area contributed by atoms with Gasteiger partial charge in [-0.25, -0.2) is 9.97 Å². The predicted octanol–water partition coefficient (Wildman–Crippen LogP) is 3.02. The quantitative estimate of drug-likeness (QED) is 0.828. The molecule has 0 N–H and O–H groups in total. The zero-order valence-corrected chi connectivity index (χ0v) is 15.5. The highest BCUT2D eigenvalue weighted by Gasteiger charge is 2.30. The van der Waals surface area contributed by atoms with Crippen LogP contribution in [0.2, 0.25) is 0 Å². The second-order valence-corrected chi connectivity index (χ2v) is 7.47. The lowest BCUT2D eigenvalue weighted by molar-refractivity contribution is 0.0681. The normalized spacial score (nSPS) is 18.2. The third-order valence-electron chi connectivity index (χ3n) is 5.56. The monoisotopic (exact) mass is 354 g/mol. The Morgan fingerprint density at radius 2 is 1.92 bits per heavy atom. The van der Waals surface area contributed by atoms with Crippen LogP contribution in [0.4, 0.5) is 0 Å². The van der Waals surface area contributed by atoms with Gasteiger partial charge in [0.25, 0.3) is 5.91 Å². The number of methoxy groups -OCH3 is 1. The number of pyridine rings is 1. The zero-order chi connectivity index (χ0) is 18.1. The van der Waals surface area contributed by atoms with Gasteiger partial charge in [0, 0.05) is 49.7 Å². The van der Waals surface area contributed by atoms with Gasteiger partial charge >= 0.3 is 0 Å². The number of likely N-dealkylation sites (tertiary alicyclic amines) is 1. The average Bonchev–Trinajstić information content (AvgIpc) is 3.46. The Balaban J connectivity index is 1.35. The molecule has 1 aliphatic carbocycles. The first-order valence-electron chi connectivity index (χ1n) is 9.47. The zero-order valence-electron chi connectivity index (χ0n) is 15.5. The summed E-state index contributed by atoms with van der Waals surface area (Å²) in [5, 5.41) is 0. The van der Waals surface area contributed by atoms with Gasteiger partial charge < -0.3 is 14.2 Å². The van der Waals surface area contributed by atoms with E-state index in [1.54, 1.807) is 25.4 Å². The van der Waals surface area contributed by atoms with E-state index in [1.807, 2.05) is 11.1 Å². The van der Waals surface area contributed by atoms with E-state index >= 15 is 0 Å². The molecule has 0 radical (unpaired) electrons. The summed E-state index contributed by atoms with van der Waals surface area (Å²) >= 11 is 0. The standard InChI is InChI=1S/C20H26N4O2/c1-14-11-22-19(16-3-4-16)24(14)13-15-7-9-23(10-8-15)20(25)17-5-6-18(26-2)21-12-17/h5-6,11-12,15-16H,3-4,7-10,13H2,1-2H3. The molecule has 2 aromatic rings. The minimum atomic E-state index is 0.0658. The van der Waals surface area contributed by atoms with Crippen molar-refractivity contribution in [1.29, 1.82) is 0 Å². The number of nitrogens with zero attached hydrogens (tertiary/aromatic N) is 4. The van der Waals surface area contributed by atoms with Crippen molar-refractivity contribution in [3.63, 3.8) is 0 Å². The SMILES string of the molecule is COc1ccc(C(=O)N2CCC(Cn3c(C)cnc3C3CC3)CC2)cn1. The van der Waals surface area contributed by atoms with Crippen LogP contribution in [0.15, 0.2) is 24.5 Å². The molecule has 4 rings (SSSR count). The summed E-state index contributed by atoms with van der Waals surface area (Å²) < 4.78 is 7.47. The Morgan fingerprint density at radius 1 is 1.15 bits per heavy atom. The molecule has 1 saturated heterocycles. The molecule has 0 unspecified atom stereocenters. The number of rotatable bonds is 5. The Labute approximate surface area is 154 Å². The fraction of sp³-hybridized carbons (Fsp3) is 0.550. The Kier molecular flexibility index (Phi) is 4.66. The van der Waals surface area contributed by atoms with Crippen molar-refractivity contribution < 1.29 is 9.53 Å². The number of hydrogen-bond acceptors (Lipinski definition) is 4. The van der Waals surface area contributed by atoms with Gasteiger partial charge in [-0.2, -0.15) is 0 Å². The average molecular weight is 354 g/mol. The lowest BCUT2D eigenvalue weighted by Crippen LogP contribution is -2.39. The molecule has 0 spiro atoms. The molecular weight excluding hydrogens is 328 g/mol. The third kappa shape index (κ3) is 3.45. The number of carbonyl (C=O) groups is 1. The summed E-state index contributed by atoms with van der Waals surface area (Å²) in [6.07, 6.45) is 8.24. The number of carbonyl (C=O) groups excluding carboxylic acids is 1. The highest BCUT2D eigenvalue weighted by atomic mass is 16.5. The number of piperidine rings is 1. The number of aromatic nitrogens is 3. The molecule has 2 aliphatic rings. The molecule has 1 aliphatic heterocycles. The maximum Gasteiger partial charge on any atom is 0.255 e. The molecule has 0 bridgehead atoms. The maximum absolute atomic E-state index is 12.7. The summed E-state index contributed by atoms with van der Waals surface area (Å²) in [5.41, 5.74) is 1.89. The smallest absolute Gasteiger partial charge is 0.255 e. The molecule has 2 aromatic heterocycles. The van der Waals surface area contributed by atoms with Crippen molar-refractivity contribution in [3.05, 3.63) is 41.6 Å². The van der Waals surface area contributed by atoms with E-state index in [2.05, 4.69) is 21.5 Å². The summed E-state index contributed by atoms with van der Waals surface area (Å²) in [6, 6.07) is 3.53. The van der Waals surface area contributed by atoms with Crippen LogP contribution in [-0.2, 0) is 6.54 Å². The van der Waals surface area contributed by atoms with Gasteiger partial charge in [0.1, 0.15) is 5.82 Å². The fourth-order valence-electron chi connectivity index (χ4n) is 3.77. The predicted molar refractivity (Wildman–Crippen MR) is 98.4 cm³/mol. The van der Waals surface area contributed by atoms with Gasteiger partial charge in [-0.05, 0) is 44.6 Å². The van der Waals surface area contributed by atoms with Gasteiger partial charge in [-0.15, -0.1) is 0 Å². The second-order valence-electron chi connectivity index (χ2n) is 7.47. The highest BCUT2D eigenvalue weighted by Crippen LogP contribution is 2.40. The van der Waals surface area contributed by atoms with Crippen LogP contribution in [0, 0.1) is 12.8 Å². The van der Waals surface area contributed by atoms with Crippen molar-refractivity contribution in [2.24, 2.45) is 5.92 Å². The molecule has 1 saturated carbocycles. The highest BCUT2D eigenvalue weighted by molar-refractivity contribution is 5.94. The third-order valence-corrected chi connectivity index (χ3v) is 5.56. The lowest BCUT2D eigenvalue weighted by Gasteiger charge is -2.32. The van der Waals surface area contributed by atoms with E-state index in [0.717, 1.165) is 32.5 Å². The van der Waals surface area contributed by atoms with Gasteiger partial charge in [0.2, 0.25) is 5.88 Å². The molecule has 2 fully saturated rings. The number of hydrogen-bond donors (Lipinski definition) is 0. The van der Waals surface area contributed by atoms with Crippen LogP contribution in [0.3, 0.4) is 0 Å². The summed E-state index contributed by atoms with van der Waals surface area (Å²) in [7, 11) is 1.57. The van der Waals surface area contributed by atoms with Gasteiger partial charge in [-0.3, -0.25) is 4.79 Å². The van der Waals surface area contributed by atoms with E-state index in [9.17, 15) is 4.79 Å². The topological polar surface area (TPSA) is 60.2 Å². The van der Waals surface area contributed by atoms with Crippen LogP contribution in [0.5, 0.6) is 5.88 Å². The Hall–Kier alpha value is -2.37. The first-order chi connectivity index (χ1) is 12.7. The van der Waals surface area contributed by atoms with Crippen LogP contribution >= 0.6 is 0 Å². The lowest BCUT2D eigenvalue weighted by atomic mass is 9.96. The summed E-state index contributed by atoms with van der Waals surface area (Å²) in [4.78, 5) is 23.4. The number of aryl methyl sites for hydroxylation is 1. The maximum atomic E-state index is 12.7. The molecule has 26 heavy (non-hydrogen) atoms. The van der Waals surface area contributed by atoms with E-state index in [1.165, 1.54) is 24.4 Å². The summed E-state index contributed by atoms with van der Waals surface area (Å²) in [6.45, 7) is 4.79. The van der Waals surface area contributed by atoms with Crippen molar-refractivity contribution >= 4 is 5.91 Å². The summed E-state index contributed by atoms with van der Waals surface area (Å²) in [5.74, 6) is 3.15. The molecule has 6 nitrogen and oxygen atoms in total. The van der Waals surface area contributed by atoms with Gasteiger partial charge in [-0.1, -0.05) is 0 Å². The van der Waals surface area contributed by atoms with E-state index < -0.39 is 0 Å². The molecule has 138 valence electrons. The minimum Gasteiger partial charge on any atom is -0.481 e. The van der Waals surface area contributed by atoms with Crippen LogP contribution in [-0.4, -0.2) is 45.5 Å². The number of imidazole rings is 1.